The van der Waals surface area contributed by atoms with E-state index < -0.39 is 0 Å². The quantitative estimate of drug-likeness (QED) is 0.483. The lowest BCUT2D eigenvalue weighted by molar-refractivity contribution is 0.0747. The van der Waals surface area contributed by atoms with E-state index in [9.17, 15) is 4.79 Å². The van der Waals surface area contributed by atoms with E-state index in [1.54, 1.807) is 11.3 Å². The number of benzene rings is 2. The number of aryl methyl sites for hydroxylation is 3. The Morgan fingerprint density at radius 3 is 2.39 bits per heavy atom. The van der Waals surface area contributed by atoms with Gasteiger partial charge < -0.3 is 9.80 Å². The molecule has 0 aliphatic carbocycles. The third-order valence-corrected chi connectivity index (χ3v) is 6.97. The number of amides is 1. The van der Waals surface area contributed by atoms with Crippen molar-refractivity contribution in [3.05, 3.63) is 70.9 Å². The van der Waals surface area contributed by atoms with Crippen LogP contribution >= 0.6 is 11.3 Å². The molecule has 0 N–H and O–H groups in total. The SMILES string of the molecule is Cc1ccc(C(=O)N2CCN(c3nc4c(s3)c(C)nn4-c3cccc(C)c3)CC2)cc1. The fourth-order valence-electron chi connectivity index (χ4n) is 3.98. The summed E-state index contributed by atoms with van der Waals surface area (Å²) < 4.78 is 3.06. The first-order chi connectivity index (χ1) is 15.0. The molecule has 4 aromatic rings. The zero-order chi connectivity index (χ0) is 21.5. The number of aromatic nitrogens is 3. The average molecular weight is 432 g/mol. The predicted octanol–water partition coefficient (Wildman–Crippen LogP) is 4.37. The third kappa shape index (κ3) is 3.70. The molecule has 6 nitrogen and oxygen atoms in total. The first-order valence-corrected chi connectivity index (χ1v) is 11.4. The van der Waals surface area contributed by atoms with Crippen molar-refractivity contribution in [1.82, 2.24) is 19.7 Å². The Labute approximate surface area is 185 Å². The molecule has 0 bridgehead atoms. The van der Waals surface area contributed by atoms with E-state index >= 15 is 0 Å². The van der Waals surface area contributed by atoms with Gasteiger partial charge in [0.2, 0.25) is 0 Å². The van der Waals surface area contributed by atoms with Crippen molar-refractivity contribution >= 4 is 32.7 Å². The number of fused-ring (bicyclic) bond motifs is 1. The van der Waals surface area contributed by atoms with Crippen LogP contribution in [0.25, 0.3) is 16.0 Å². The van der Waals surface area contributed by atoms with E-state index in [-0.39, 0.29) is 5.91 Å². The number of nitrogens with zero attached hydrogens (tertiary/aromatic N) is 5. The molecule has 1 amide bonds. The molecule has 1 aliphatic heterocycles. The van der Waals surface area contributed by atoms with E-state index in [4.69, 9.17) is 10.1 Å². The third-order valence-electron chi connectivity index (χ3n) is 5.76. The zero-order valence-corrected chi connectivity index (χ0v) is 18.8. The van der Waals surface area contributed by atoms with Crippen molar-refractivity contribution in [3.8, 4) is 5.69 Å². The lowest BCUT2D eigenvalue weighted by Crippen LogP contribution is -2.48. The number of carbonyl (C=O) groups excluding carboxylic acids is 1. The van der Waals surface area contributed by atoms with Crippen molar-refractivity contribution in [1.29, 1.82) is 0 Å². The molecular weight excluding hydrogens is 406 g/mol. The molecule has 1 saturated heterocycles. The fraction of sp³-hybridized carbons (Fsp3) is 0.292. The standard InChI is InChI=1S/C24H25N5OS/c1-16-7-9-19(10-8-16)23(30)27-11-13-28(14-12-27)24-25-22-21(31-24)18(3)26-29(22)20-6-4-5-17(2)15-20/h4-10,15H,11-14H2,1-3H3. The molecule has 0 spiro atoms. The van der Waals surface area contributed by atoms with Crippen LogP contribution in [0, 0.1) is 20.8 Å². The number of thiazole rings is 1. The van der Waals surface area contributed by atoms with Gasteiger partial charge in [0.25, 0.3) is 5.91 Å². The molecule has 0 unspecified atom stereocenters. The number of anilines is 1. The predicted molar refractivity (Wildman–Crippen MR) is 126 cm³/mol. The van der Waals surface area contributed by atoms with Gasteiger partial charge in [0.05, 0.1) is 16.1 Å². The van der Waals surface area contributed by atoms with Crippen LogP contribution in [0.5, 0.6) is 0 Å². The van der Waals surface area contributed by atoms with Gasteiger partial charge in [0.1, 0.15) is 0 Å². The number of carbonyl (C=O) groups is 1. The highest BCUT2D eigenvalue weighted by molar-refractivity contribution is 7.22. The van der Waals surface area contributed by atoms with Crippen molar-refractivity contribution in [2.75, 3.05) is 31.1 Å². The summed E-state index contributed by atoms with van der Waals surface area (Å²) in [4.78, 5) is 22.0. The molecule has 2 aromatic carbocycles. The van der Waals surface area contributed by atoms with Crippen LogP contribution in [-0.4, -0.2) is 51.8 Å². The Bertz CT molecular complexity index is 1250. The van der Waals surface area contributed by atoms with Crippen molar-refractivity contribution in [2.45, 2.75) is 20.8 Å². The second-order valence-corrected chi connectivity index (χ2v) is 9.11. The topological polar surface area (TPSA) is 54.3 Å². The van der Waals surface area contributed by atoms with Gasteiger partial charge in [-0.25, -0.2) is 4.68 Å². The minimum Gasteiger partial charge on any atom is -0.344 e. The summed E-state index contributed by atoms with van der Waals surface area (Å²) in [5.41, 5.74) is 6.05. The van der Waals surface area contributed by atoms with Gasteiger partial charge in [-0.3, -0.25) is 4.79 Å². The van der Waals surface area contributed by atoms with E-state index in [0.29, 0.717) is 13.1 Å². The van der Waals surface area contributed by atoms with Gasteiger partial charge in [0.15, 0.2) is 10.8 Å². The number of hydrogen-bond donors (Lipinski definition) is 0. The Morgan fingerprint density at radius 2 is 1.68 bits per heavy atom. The highest BCUT2D eigenvalue weighted by Crippen LogP contribution is 2.33. The molecule has 1 fully saturated rings. The molecule has 0 saturated carbocycles. The monoisotopic (exact) mass is 431 g/mol. The molecule has 5 rings (SSSR count). The van der Waals surface area contributed by atoms with Crippen LogP contribution in [0.2, 0.25) is 0 Å². The lowest BCUT2D eigenvalue weighted by atomic mass is 10.1. The Balaban J connectivity index is 1.35. The number of hydrogen-bond acceptors (Lipinski definition) is 5. The molecule has 1 aliphatic rings. The summed E-state index contributed by atoms with van der Waals surface area (Å²) in [6.45, 7) is 9.12. The second-order valence-electron chi connectivity index (χ2n) is 8.13. The van der Waals surface area contributed by atoms with E-state index in [1.807, 2.05) is 53.8 Å². The highest BCUT2D eigenvalue weighted by Gasteiger charge is 2.25. The molecule has 0 atom stereocenters. The summed E-state index contributed by atoms with van der Waals surface area (Å²) in [5, 5.41) is 5.71. The lowest BCUT2D eigenvalue weighted by Gasteiger charge is -2.34. The van der Waals surface area contributed by atoms with E-state index in [1.165, 1.54) is 5.56 Å². The average Bonchev–Trinajstić information content (AvgIpc) is 3.34. The van der Waals surface area contributed by atoms with Crippen molar-refractivity contribution in [2.24, 2.45) is 0 Å². The Kier molecular flexibility index (Phi) is 4.98. The summed E-state index contributed by atoms with van der Waals surface area (Å²) >= 11 is 1.69. The molecular formula is C24H25N5OS. The van der Waals surface area contributed by atoms with Crippen molar-refractivity contribution in [3.63, 3.8) is 0 Å². The number of rotatable bonds is 3. The molecule has 7 heteroatoms. The largest absolute Gasteiger partial charge is 0.344 e. The van der Waals surface area contributed by atoms with Gasteiger partial charge in [-0.1, -0.05) is 41.2 Å². The smallest absolute Gasteiger partial charge is 0.253 e. The molecule has 2 aromatic heterocycles. The van der Waals surface area contributed by atoms with E-state index in [2.05, 4.69) is 30.0 Å². The van der Waals surface area contributed by atoms with Gasteiger partial charge in [-0.15, -0.1) is 0 Å². The van der Waals surface area contributed by atoms with Crippen LogP contribution in [0.4, 0.5) is 5.13 Å². The van der Waals surface area contributed by atoms with Gasteiger partial charge in [0, 0.05) is 31.7 Å². The minimum absolute atomic E-state index is 0.106. The van der Waals surface area contributed by atoms with Crippen LogP contribution in [-0.2, 0) is 0 Å². The molecule has 158 valence electrons. The fourth-order valence-corrected chi connectivity index (χ4v) is 5.02. The minimum atomic E-state index is 0.106. The summed E-state index contributed by atoms with van der Waals surface area (Å²) in [5.74, 6) is 0.106. The summed E-state index contributed by atoms with van der Waals surface area (Å²) in [6, 6.07) is 16.1. The van der Waals surface area contributed by atoms with Crippen LogP contribution in [0.15, 0.2) is 48.5 Å². The van der Waals surface area contributed by atoms with Gasteiger partial charge in [-0.05, 0) is 50.6 Å². The van der Waals surface area contributed by atoms with Gasteiger partial charge in [-0.2, -0.15) is 10.1 Å². The first-order valence-electron chi connectivity index (χ1n) is 10.5. The highest BCUT2D eigenvalue weighted by atomic mass is 32.1. The number of piperazine rings is 1. The van der Waals surface area contributed by atoms with E-state index in [0.717, 1.165) is 51.1 Å². The molecule has 3 heterocycles. The first kappa shape index (κ1) is 19.8. The normalized spacial score (nSPS) is 14.4. The van der Waals surface area contributed by atoms with Crippen LogP contribution < -0.4 is 4.90 Å². The summed E-state index contributed by atoms with van der Waals surface area (Å²) in [7, 11) is 0. The Morgan fingerprint density at radius 1 is 0.935 bits per heavy atom. The van der Waals surface area contributed by atoms with Crippen LogP contribution in [0.3, 0.4) is 0 Å². The maximum atomic E-state index is 12.8. The summed E-state index contributed by atoms with van der Waals surface area (Å²) in [6.07, 6.45) is 0. The van der Waals surface area contributed by atoms with Crippen molar-refractivity contribution < 1.29 is 4.79 Å². The molecule has 0 radical (unpaired) electrons. The molecule has 31 heavy (non-hydrogen) atoms. The van der Waals surface area contributed by atoms with Gasteiger partial charge >= 0.3 is 0 Å². The Hall–Kier alpha value is -3.19. The maximum absolute atomic E-state index is 12.8. The zero-order valence-electron chi connectivity index (χ0n) is 18.0. The van der Waals surface area contributed by atoms with Crippen LogP contribution in [0.1, 0.15) is 27.2 Å². The second kappa shape index (κ2) is 7.81. The maximum Gasteiger partial charge on any atom is 0.253 e.